The van der Waals surface area contributed by atoms with E-state index in [2.05, 4.69) is 41.2 Å². The first-order chi connectivity index (χ1) is 11.9. The second kappa shape index (κ2) is 7.21. The second-order valence-corrected chi connectivity index (χ2v) is 7.25. The molecule has 0 aromatic carbocycles. The van der Waals surface area contributed by atoms with Gasteiger partial charge in [0.15, 0.2) is 0 Å². The van der Waals surface area contributed by atoms with Gasteiger partial charge in [0.25, 0.3) is 5.91 Å². The maximum Gasteiger partial charge on any atom is 0.272 e. The molecular formula is C18H26N6O. The monoisotopic (exact) mass is 342 g/mol. The van der Waals surface area contributed by atoms with Crippen molar-refractivity contribution in [1.29, 1.82) is 0 Å². The molecule has 0 unspecified atom stereocenters. The van der Waals surface area contributed by atoms with Crippen LogP contribution in [0.3, 0.4) is 0 Å². The Kier molecular flexibility index (Phi) is 5.01. The van der Waals surface area contributed by atoms with Crippen LogP contribution < -0.4 is 5.32 Å². The maximum absolute atomic E-state index is 12.9. The van der Waals surface area contributed by atoms with Crippen molar-refractivity contribution in [3.63, 3.8) is 0 Å². The lowest BCUT2D eigenvalue weighted by Crippen LogP contribution is -2.33. The maximum atomic E-state index is 12.9. The Morgan fingerprint density at radius 1 is 1.32 bits per heavy atom. The first-order valence-corrected chi connectivity index (χ1v) is 8.81. The zero-order valence-electron chi connectivity index (χ0n) is 15.3. The van der Waals surface area contributed by atoms with Crippen LogP contribution in [-0.2, 0) is 6.54 Å². The van der Waals surface area contributed by atoms with E-state index in [9.17, 15) is 4.79 Å². The molecule has 2 aromatic heterocycles. The molecule has 1 N–H and O–H groups in total. The molecule has 0 saturated carbocycles. The van der Waals surface area contributed by atoms with Crippen LogP contribution in [0.25, 0.3) is 0 Å². The number of rotatable bonds is 5. The van der Waals surface area contributed by atoms with Gasteiger partial charge >= 0.3 is 0 Å². The van der Waals surface area contributed by atoms with E-state index in [0.717, 1.165) is 18.8 Å². The number of hydrogen-bond donors (Lipinski definition) is 1. The Hall–Kier alpha value is -2.44. The summed E-state index contributed by atoms with van der Waals surface area (Å²) in [4.78, 5) is 23.5. The Morgan fingerprint density at radius 2 is 2.12 bits per heavy atom. The molecule has 7 heteroatoms. The van der Waals surface area contributed by atoms with Crippen LogP contribution in [0.4, 0.5) is 5.95 Å². The molecule has 3 heterocycles. The molecule has 1 aliphatic heterocycles. The van der Waals surface area contributed by atoms with E-state index in [-0.39, 0.29) is 11.9 Å². The molecular weight excluding hydrogens is 316 g/mol. The predicted molar refractivity (Wildman–Crippen MR) is 96.3 cm³/mol. The molecule has 2 aromatic rings. The molecule has 0 radical (unpaired) electrons. The van der Waals surface area contributed by atoms with E-state index in [4.69, 9.17) is 0 Å². The number of amides is 1. The summed E-state index contributed by atoms with van der Waals surface area (Å²) >= 11 is 0. The predicted octanol–water partition coefficient (Wildman–Crippen LogP) is 2.21. The van der Waals surface area contributed by atoms with Gasteiger partial charge in [0, 0.05) is 37.7 Å². The van der Waals surface area contributed by atoms with Crippen LogP contribution >= 0.6 is 0 Å². The van der Waals surface area contributed by atoms with Crippen LogP contribution in [0, 0.1) is 18.8 Å². The minimum Gasteiger partial charge on any atom is -0.349 e. The average molecular weight is 342 g/mol. The Morgan fingerprint density at radius 3 is 2.84 bits per heavy atom. The van der Waals surface area contributed by atoms with Crippen molar-refractivity contribution < 1.29 is 4.79 Å². The highest BCUT2D eigenvalue weighted by atomic mass is 16.2. The first kappa shape index (κ1) is 17.4. The summed E-state index contributed by atoms with van der Waals surface area (Å²) in [7, 11) is 0. The summed E-state index contributed by atoms with van der Waals surface area (Å²) in [5.41, 5.74) is 1.59. The fourth-order valence-electron chi connectivity index (χ4n) is 3.17. The molecule has 1 saturated heterocycles. The number of nitrogens with one attached hydrogen (secondary N) is 1. The van der Waals surface area contributed by atoms with Crippen LogP contribution in [0.2, 0.25) is 0 Å². The van der Waals surface area contributed by atoms with Gasteiger partial charge in [-0.15, -0.1) is 0 Å². The third-order valence-corrected chi connectivity index (χ3v) is 4.48. The Balaban J connectivity index is 1.68. The largest absolute Gasteiger partial charge is 0.349 e. The SMILES string of the molecule is Cc1ccnc(N[C@@H]2CN(C(=O)c3ccnn3CC(C)C)C[C@H]2C)n1. The molecule has 134 valence electrons. The molecule has 3 rings (SSSR count). The fraction of sp³-hybridized carbons (Fsp3) is 0.556. The average Bonchev–Trinajstić information content (AvgIpc) is 3.13. The summed E-state index contributed by atoms with van der Waals surface area (Å²) in [5.74, 6) is 1.43. The molecule has 0 spiro atoms. The van der Waals surface area contributed by atoms with Gasteiger partial charge in [-0.05, 0) is 30.9 Å². The minimum atomic E-state index is 0.0412. The molecule has 25 heavy (non-hydrogen) atoms. The van der Waals surface area contributed by atoms with Gasteiger partial charge in [-0.2, -0.15) is 5.10 Å². The lowest BCUT2D eigenvalue weighted by molar-refractivity contribution is 0.0773. The van der Waals surface area contributed by atoms with Crippen LogP contribution in [0.5, 0.6) is 0 Å². The van der Waals surface area contributed by atoms with E-state index in [0.29, 0.717) is 30.0 Å². The molecule has 2 atom stereocenters. The van der Waals surface area contributed by atoms with Crippen LogP contribution in [0.15, 0.2) is 24.5 Å². The number of aryl methyl sites for hydroxylation is 1. The van der Waals surface area contributed by atoms with Crippen molar-refractivity contribution >= 4 is 11.9 Å². The normalized spacial score (nSPS) is 20.3. The Labute approximate surface area is 148 Å². The molecule has 1 aliphatic rings. The van der Waals surface area contributed by atoms with Crippen molar-refractivity contribution in [2.24, 2.45) is 11.8 Å². The number of carbonyl (C=O) groups excluding carboxylic acids is 1. The second-order valence-electron chi connectivity index (χ2n) is 7.25. The fourth-order valence-corrected chi connectivity index (χ4v) is 3.17. The van der Waals surface area contributed by atoms with E-state index in [1.54, 1.807) is 18.5 Å². The number of anilines is 1. The number of likely N-dealkylation sites (tertiary alicyclic amines) is 1. The first-order valence-electron chi connectivity index (χ1n) is 8.81. The minimum absolute atomic E-state index is 0.0412. The molecule has 7 nitrogen and oxygen atoms in total. The lowest BCUT2D eigenvalue weighted by Gasteiger charge is -2.18. The third-order valence-electron chi connectivity index (χ3n) is 4.48. The highest BCUT2D eigenvalue weighted by Gasteiger charge is 2.34. The van der Waals surface area contributed by atoms with E-state index < -0.39 is 0 Å². The van der Waals surface area contributed by atoms with Crippen molar-refractivity contribution in [1.82, 2.24) is 24.6 Å². The summed E-state index contributed by atoms with van der Waals surface area (Å²) in [6, 6.07) is 3.82. The smallest absolute Gasteiger partial charge is 0.272 e. The van der Waals surface area contributed by atoms with Gasteiger partial charge in [-0.1, -0.05) is 20.8 Å². The van der Waals surface area contributed by atoms with Gasteiger partial charge in [0.2, 0.25) is 5.95 Å². The molecule has 1 amide bonds. The van der Waals surface area contributed by atoms with Crippen LogP contribution in [-0.4, -0.2) is 49.7 Å². The standard InChI is InChI=1S/C18H26N6O/c1-12(2)9-24-16(6-8-20-24)17(25)23-10-13(3)15(11-23)22-18-19-7-5-14(4)21-18/h5-8,12-13,15H,9-11H2,1-4H3,(H,19,21,22)/t13-,15-/m1/s1. The third kappa shape index (κ3) is 3.97. The summed E-state index contributed by atoms with van der Waals surface area (Å²) in [6.07, 6.45) is 3.45. The quantitative estimate of drug-likeness (QED) is 0.901. The number of aromatic nitrogens is 4. The topological polar surface area (TPSA) is 75.9 Å². The summed E-state index contributed by atoms with van der Waals surface area (Å²) < 4.78 is 1.81. The van der Waals surface area contributed by atoms with Crippen LogP contribution in [0.1, 0.15) is 37.0 Å². The van der Waals surface area contributed by atoms with E-state index in [1.807, 2.05) is 22.6 Å². The zero-order chi connectivity index (χ0) is 18.0. The van der Waals surface area contributed by atoms with Gasteiger partial charge in [-0.3, -0.25) is 9.48 Å². The van der Waals surface area contributed by atoms with Crippen molar-refractivity contribution in [2.75, 3.05) is 18.4 Å². The van der Waals surface area contributed by atoms with E-state index in [1.165, 1.54) is 0 Å². The van der Waals surface area contributed by atoms with Crippen molar-refractivity contribution in [3.05, 3.63) is 35.9 Å². The van der Waals surface area contributed by atoms with Gasteiger partial charge in [-0.25, -0.2) is 9.97 Å². The van der Waals surface area contributed by atoms with Gasteiger partial charge < -0.3 is 10.2 Å². The van der Waals surface area contributed by atoms with Gasteiger partial charge in [0.1, 0.15) is 5.69 Å². The highest BCUT2D eigenvalue weighted by Crippen LogP contribution is 2.21. The summed E-state index contributed by atoms with van der Waals surface area (Å²) in [6.45, 7) is 10.4. The number of hydrogen-bond acceptors (Lipinski definition) is 5. The molecule has 0 bridgehead atoms. The summed E-state index contributed by atoms with van der Waals surface area (Å²) in [5, 5.41) is 7.67. The molecule has 1 fully saturated rings. The number of carbonyl (C=O) groups is 1. The van der Waals surface area contributed by atoms with Crippen molar-refractivity contribution in [3.8, 4) is 0 Å². The zero-order valence-corrected chi connectivity index (χ0v) is 15.3. The van der Waals surface area contributed by atoms with Crippen molar-refractivity contribution in [2.45, 2.75) is 40.3 Å². The lowest BCUT2D eigenvalue weighted by atomic mass is 10.1. The Bertz CT molecular complexity index is 741. The highest BCUT2D eigenvalue weighted by molar-refractivity contribution is 5.92. The van der Waals surface area contributed by atoms with Gasteiger partial charge in [0.05, 0.1) is 6.04 Å². The molecule has 0 aliphatic carbocycles. The number of nitrogens with zero attached hydrogens (tertiary/aromatic N) is 5. The van der Waals surface area contributed by atoms with E-state index >= 15 is 0 Å².